The molecule has 1 atom stereocenters. The summed E-state index contributed by atoms with van der Waals surface area (Å²) in [5, 5.41) is 2.77. The van der Waals surface area contributed by atoms with Crippen molar-refractivity contribution in [3.63, 3.8) is 0 Å². The lowest BCUT2D eigenvalue weighted by Gasteiger charge is -2.16. The Bertz CT molecular complexity index is 991. The fourth-order valence-corrected chi connectivity index (χ4v) is 2.99. The van der Waals surface area contributed by atoms with Gasteiger partial charge < -0.3 is 15.0 Å². The maximum Gasteiger partial charge on any atom is 0.338 e. The van der Waals surface area contributed by atoms with E-state index in [2.05, 4.69) is 31.2 Å². The largest absolute Gasteiger partial charge is 0.449 e. The van der Waals surface area contributed by atoms with Crippen LogP contribution < -0.4 is 5.32 Å². The molecule has 3 rings (SSSR count). The number of carbonyl (C=O) groups is 2. The number of esters is 1. The number of benzene rings is 2. The van der Waals surface area contributed by atoms with E-state index in [1.54, 1.807) is 43.3 Å². The monoisotopic (exact) mass is 455 g/mol. The minimum Gasteiger partial charge on any atom is -0.449 e. The third-order valence-electron chi connectivity index (χ3n) is 4.55. The summed E-state index contributed by atoms with van der Waals surface area (Å²) in [7, 11) is 0. The summed E-state index contributed by atoms with van der Waals surface area (Å²) in [4.78, 5) is 32.6. The Morgan fingerprint density at radius 3 is 2.31 bits per heavy atom. The van der Waals surface area contributed by atoms with Gasteiger partial charge in [0, 0.05) is 21.4 Å². The normalized spacial score (nSPS) is 11.7. The van der Waals surface area contributed by atoms with Crippen molar-refractivity contribution in [2.75, 3.05) is 5.32 Å². The Morgan fingerprint density at radius 2 is 1.76 bits per heavy atom. The number of aromatic nitrogens is 2. The number of imidazole rings is 1. The Kier molecular flexibility index (Phi) is 6.49. The van der Waals surface area contributed by atoms with E-state index in [0.717, 1.165) is 27.2 Å². The number of anilines is 1. The van der Waals surface area contributed by atoms with Gasteiger partial charge in [0.05, 0.1) is 11.3 Å². The Balaban J connectivity index is 1.65. The van der Waals surface area contributed by atoms with Crippen LogP contribution >= 0.6 is 15.9 Å². The maximum absolute atomic E-state index is 12.5. The van der Waals surface area contributed by atoms with Gasteiger partial charge in [0.2, 0.25) is 0 Å². The molecule has 1 heterocycles. The number of halogens is 1. The van der Waals surface area contributed by atoms with Crippen LogP contribution in [0.4, 0.5) is 5.69 Å². The second-order valence-corrected chi connectivity index (χ2v) is 7.59. The zero-order valence-corrected chi connectivity index (χ0v) is 18.0. The average molecular weight is 456 g/mol. The highest BCUT2D eigenvalue weighted by molar-refractivity contribution is 9.10. The first-order valence-electron chi connectivity index (χ1n) is 9.28. The number of nitrogens with one attached hydrogen (secondary N) is 2. The zero-order valence-electron chi connectivity index (χ0n) is 16.5. The van der Waals surface area contributed by atoms with Gasteiger partial charge in [0.1, 0.15) is 5.82 Å². The number of nitrogens with zero attached hydrogens (tertiary/aromatic N) is 1. The van der Waals surface area contributed by atoms with E-state index in [9.17, 15) is 9.59 Å². The minimum absolute atomic E-state index is 0.360. The lowest BCUT2D eigenvalue weighted by molar-refractivity contribution is -0.124. The molecule has 3 aromatic rings. The van der Waals surface area contributed by atoms with Crippen LogP contribution in [0.15, 0.2) is 53.0 Å². The number of carbonyl (C=O) groups excluding carboxylic acids is 2. The summed E-state index contributed by atoms with van der Waals surface area (Å²) in [6, 6.07) is 14.1. The third-order valence-corrected chi connectivity index (χ3v) is 5.08. The summed E-state index contributed by atoms with van der Waals surface area (Å²) in [5.74, 6) is -0.150. The number of H-pyrrole nitrogens is 1. The minimum atomic E-state index is -0.874. The molecule has 0 radical (unpaired) electrons. The first-order chi connectivity index (χ1) is 13.9. The fraction of sp³-hybridized carbons (Fsp3) is 0.227. The topological polar surface area (TPSA) is 84.1 Å². The quantitative estimate of drug-likeness (QED) is 0.510. The summed E-state index contributed by atoms with van der Waals surface area (Å²) < 4.78 is 6.34. The van der Waals surface area contributed by atoms with Crippen LogP contribution in [0.3, 0.4) is 0 Å². The molecule has 0 aliphatic carbocycles. The van der Waals surface area contributed by atoms with Crippen LogP contribution in [0.5, 0.6) is 0 Å². The van der Waals surface area contributed by atoms with Gasteiger partial charge in [-0.3, -0.25) is 4.79 Å². The molecule has 0 aliphatic heterocycles. The number of rotatable bonds is 6. The molecule has 0 saturated carbocycles. The fourth-order valence-electron chi connectivity index (χ4n) is 2.72. The van der Waals surface area contributed by atoms with E-state index >= 15 is 0 Å². The van der Waals surface area contributed by atoms with Gasteiger partial charge in [-0.2, -0.15) is 0 Å². The molecule has 7 heteroatoms. The predicted octanol–water partition coefficient (Wildman–Crippen LogP) is 5.03. The number of hydrogen-bond donors (Lipinski definition) is 2. The summed E-state index contributed by atoms with van der Waals surface area (Å²) in [5.41, 5.74) is 3.83. The smallest absolute Gasteiger partial charge is 0.338 e. The van der Waals surface area contributed by atoms with Crippen LogP contribution in [0.2, 0.25) is 0 Å². The lowest BCUT2D eigenvalue weighted by atomic mass is 10.1. The second kappa shape index (κ2) is 9.05. The van der Waals surface area contributed by atoms with Gasteiger partial charge in [-0.1, -0.05) is 35.0 Å². The summed E-state index contributed by atoms with van der Waals surface area (Å²) >= 11 is 3.35. The van der Waals surface area contributed by atoms with Crippen molar-refractivity contribution >= 4 is 33.5 Å². The SMILES string of the molecule is CCC(OC(=O)c1ccc(-c2nc(C)c(C)[nH]2)cc1)C(=O)Nc1ccc(Br)cc1. The van der Waals surface area contributed by atoms with E-state index in [4.69, 9.17) is 4.74 Å². The highest BCUT2D eigenvalue weighted by Crippen LogP contribution is 2.19. The Labute approximate surface area is 177 Å². The van der Waals surface area contributed by atoms with Gasteiger partial charge in [-0.05, 0) is 56.7 Å². The average Bonchev–Trinajstić information content (AvgIpc) is 3.06. The molecule has 29 heavy (non-hydrogen) atoms. The highest BCUT2D eigenvalue weighted by atomic mass is 79.9. The molecule has 1 unspecified atom stereocenters. The highest BCUT2D eigenvalue weighted by Gasteiger charge is 2.22. The van der Waals surface area contributed by atoms with Crippen molar-refractivity contribution in [2.24, 2.45) is 0 Å². The first kappa shape index (κ1) is 20.8. The van der Waals surface area contributed by atoms with E-state index in [1.165, 1.54) is 0 Å². The number of aryl methyl sites for hydroxylation is 2. The molecule has 6 nitrogen and oxygen atoms in total. The zero-order chi connectivity index (χ0) is 21.0. The molecule has 2 N–H and O–H groups in total. The van der Waals surface area contributed by atoms with Crippen molar-refractivity contribution in [1.82, 2.24) is 9.97 Å². The molecule has 0 saturated heterocycles. The number of amides is 1. The Hall–Kier alpha value is -2.93. The third kappa shape index (κ3) is 5.12. The Morgan fingerprint density at radius 1 is 1.10 bits per heavy atom. The number of aromatic amines is 1. The maximum atomic E-state index is 12.5. The standard InChI is InChI=1S/C22H22BrN3O3/c1-4-19(21(27)26-18-11-9-17(23)10-12-18)29-22(28)16-7-5-15(6-8-16)20-24-13(2)14(3)25-20/h5-12,19H,4H2,1-3H3,(H,24,25)(H,26,27). The second-order valence-electron chi connectivity index (χ2n) is 6.67. The van der Waals surface area contributed by atoms with E-state index < -0.39 is 12.1 Å². The van der Waals surface area contributed by atoms with Gasteiger partial charge >= 0.3 is 5.97 Å². The lowest BCUT2D eigenvalue weighted by Crippen LogP contribution is -2.32. The van der Waals surface area contributed by atoms with Crippen molar-refractivity contribution in [3.05, 3.63) is 70.0 Å². The van der Waals surface area contributed by atoms with Crippen LogP contribution in [-0.4, -0.2) is 27.9 Å². The van der Waals surface area contributed by atoms with Crippen molar-refractivity contribution in [3.8, 4) is 11.4 Å². The molecule has 0 spiro atoms. The van der Waals surface area contributed by atoms with E-state index in [1.807, 2.05) is 26.0 Å². The first-order valence-corrected chi connectivity index (χ1v) is 10.1. The van der Waals surface area contributed by atoms with Crippen LogP contribution in [0.25, 0.3) is 11.4 Å². The number of ether oxygens (including phenoxy) is 1. The van der Waals surface area contributed by atoms with Gasteiger partial charge in [0.25, 0.3) is 5.91 Å². The van der Waals surface area contributed by atoms with E-state index in [-0.39, 0.29) is 5.91 Å². The summed E-state index contributed by atoms with van der Waals surface area (Å²) in [6.07, 6.45) is -0.502. The van der Waals surface area contributed by atoms with Crippen molar-refractivity contribution < 1.29 is 14.3 Å². The van der Waals surface area contributed by atoms with Crippen LogP contribution in [0.1, 0.15) is 35.1 Å². The molecule has 1 aromatic heterocycles. The molecule has 0 aliphatic rings. The van der Waals surface area contributed by atoms with Gasteiger partial charge in [-0.15, -0.1) is 0 Å². The molecule has 0 bridgehead atoms. The number of hydrogen-bond acceptors (Lipinski definition) is 4. The molecule has 2 aromatic carbocycles. The molecule has 1 amide bonds. The molecular formula is C22H22BrN3O3. The van der Waals surface area contributed by atoms with Crippen LogP contribution in [-0.2, 0) is 9.53 Å². The van der Waals surface area contributed by atoms with Gasteiger partial charge in [-0.25, -0.2) is 9.78 Å². The van der Waals surface area contributed by atoms with E-state index in [0.29, 0.717) is 17.7 Å². The van der Waals surface area contributed by atoms with Crippen molar-refractivity contribution in [1.29, 1.82) is 0 Å². The van der Waals surface area contributed by atoms with Crippen molar-refractivity contribution in [2.45, 2.75) is 33.3 Å². The van der Waals surface area contributed by atoms with Gasteiger partial charge in [0.15, 0.2) is 6.10 Å². The molecule has 0 fully saturated rings. The predicted molar refractivity (Wildman–Crippen MR) is 116 cm³/mol. The summed E-state index contributed by atoms with van der Waals surface area (Å²) in [6.45, 7) is 5.69. The molecular weight excluding hydrogens is 434 g/mol. The van der Waals surface area contributed by atoms with Crippen LogP contribution in [0, 0.1) is 13.8 Å². The molecule has 150 valence electrons.